The van der Waals surface area contributed by atoms with Crippen molar-refractivity contribution in [1.82, 2.24) is 0 Å². The Kier molecular flexibility index (Phi) is 3.69. The molecule has 0 fully saturated rings. The van der Waals surface area contributed by atoms with Crippen molar-refractivity contribution in [3.8, 4) is 5.75 Å². The second-order valence-corrected chi connectivity index (χ2v) is 2.41. The summed E-state index contributed by atoms with van der Waals surface area (Å²) >= 11 is 0. The Morgan fingerprint density at radius 3 is 2.64 bits per heavy atom. The number of hydrogen-bond donors (Lipinski definition) is 1. The van der Waals surface area contributed by atoms with Gasteiger partial charge in [-0.15, -0.1) is 9.81 Å². The second kappa shape index (κ2) is 5.03. The van der Waals surface area contributed by atoms with Crippen LogP contribution in [0, 0.1) is 9.81 Å². The molecule has 6 nitrogen and oxygen atoms in total. The third-order valence-corrected chi connectivity index (χ3v) is 1.50. The van der Waals surface area contributed by atoms with Crippen molar-refractivity contribution in [2.75, 3.05) is 13.2 Å². The van der Waals surface area contributed by atoms with Gasteiger partial charge in [-0.25, -0.2) is 0 Å². The van der Waals surface area contributed by atoms with Crippen molar-refractivity contribution in [2.45, 2.75) is 0 Å². The zero-order valence-corrected chi connectivity index (χ0v) is 7.21. The Labute approximate surface area is 79.5 Å². The molecule has 6 heteroatoms. The van der Waals surface area contributed by atoms with E-state index in [9.17, 15) is 9.81 Å². The number of ether oxygens (including phenoxy) is 1. The molecule has 0 saturated heterocycles. The summed E-state index contributed by atoms with van der Waals surface area (Å²) < 4.78 is 4.99. The van der Waals surface area contributed by atoms with Crippen molar-refractivity contribution >= 4 is 11.4 Å². The smallest absolute Gasteiger partial charge is 0.152 e. The van der Waals surface area contributed by atoms with Crippen LogP contribution in [0.25, 0.3) is 0 Å². The first-order valence-electron chi connectivity index (χ1n) is 3.86. The van der Waals surface area contributed by atoms with Gasteiger partial charge in [0.15, 0.2) is 5.69 Å². The van der Waals surface area contributed by atoms with Crippen LogP contribution in [0.1, 0.15) is 0 Å². The first-order chi connectivity index (χ1) is 6.81. The van der Waals surface area contributed by atoms with E-state index in [4.69, 9.17) is 9.84 Å². The highest BCUT2D eigenvalue weighted by atomic mass is 16.5. The molecule has 1 aromatic rings. The van der Waals surface area contributed by atoms with E-state index in [1.54, 1.807) is 0 Å². The van der Waals surface area contributed by atoms with Crippen molar-refractivity contribution in [1.29, 1.82) is 0 Å². The van der Waals surface area contributed by atoms with Crippen LogP contribution in [0.5, 0.6) is 5.75 Å². The van der Waals surface area contributed by atoms with Crippen LogP contribution in [0.2, 0.25) is 0 Å². The first kappa shape index (κ1) is 10.3. The summed E-state index contributed by atoms with van der Waals surface area (Å²) in [6.45, 7) is -0.0949. The van der Waals surface area contributed by atoms with Gasteiger partial charge in [-0.05, 0) is 22.5 Å². The van der Waals surface area contributed by atoms with Crippen LogP contribution in [0.3, 0.4) is 0 Å². The van der Waals surface area contributed by atoms with Crippen molar-refractivity contribution in [3.05, 3.63) is 28.0 Å². The lowest BCUT2D eigenvalue weighted by atomic mass is 10.2. The van der Waals surface area contributed by atoms with Crippen molar-refractivity contribution < 1.29 is 9.84 Å². The molecular weight excluding hydrogens is 188 g/mol. The van der Waals surface area contributed by atoms with Crippen molar-refractivity contribution in [3.63, 3.8) is 0 Å². The number of benzene rings is 1. The Balaban J connectivity index is 2.92. The Bertz CT molecular complexity index is 340. The molecule has 0 aliphatic heterocycles. The molecule has 74 valence electrons. The second-order valence-electron chi connectivity index (χ2n) is 2.41. The maximum atomic E-state index is 10.3. The summed E-state index contributed by atoms with van der Waals surface area (Å²) in [5.41, 5.74) is 0.103. The normalized spacial score (nSPS) is 9.50. The highest BCUT2D eigenvalue weighted by molar-refractivity contribution is 5.59. The standard InChI is InChI=1S/C8H8N2O4/c11-3-4-14-8-2-1-6(9-12)5-7(8)10-13/h1-2,5,11H,3-4H2. The summed E-state index contributed by atoms with van der Waals surface area (Å²) in [7, 11) is 0. The molecule has 0 heterocycles. The number of hydrogen-bond acceptors (Lipinski definition) is 6. The van der Waals surface area contributed by atoms with Crippen LogP contribution >= 0.6 is 0 Å². The van der Waals surface area contributed by atoms with E-state index in [0.717, 1.165) is 0 Å². The van der Waals surface area contributed by atoms with Gasteiger partial charge < -0.3 is 9.84 Å². The molecule has 0 atom stereocenters. The number of nitroso groups, excluding NO2 is 2. The molecule has 1 aromatic carbocycles. The summed E-state index contributed by atoms with van der Waals surface area (Å²) in [6, 6.07) is 4.02. The van der Waals surface area contributed by atoms with Crippen LogP contribution in [-0.2, 0) is 0 Å². The fourth-order valence-electron chi connectivity index (χ4n) is 0.912. The summed E-state index contributed by atoms with van der Waals surface area (Å²) in [5.74, 6) is 0.224. The van der Waals surface area contributed by atoms with Gasteiger partial charge >= 0.3 is 0 Å². The quantitative estimate of drug-likeness (QED) is 0.727. The minimum absolute atomic E-state index is 0.00412. The van der Waals surface area contributed by atoms with Gasteiger partial charge in [-0.2, -0.15) is 0 Å². The summed E-state index contributed by atoms with van der Waals surface area (Å²) in [4.78, 5) is 20.4. The molecule has 0 aliphatic rings. The molecule has 0 radical (unpaired) electrons. The van der Waals surface area contributed by atoms with E-state index in [2.05, 4.69) is 10.4 Å². The Morgan fingerprint density at radius 1 is 1.29 bits per heavy atom. The number of rotatable bonds is 5. The molecule has 0 spiro atoms. The lowest BCUT2D eigenvalue weighted by Crippen LogP contribution is -2.01. The minimum Gasteiger partial charge on any atom is -0.489 e. The van der Waals surface area contributed by atoms with Gasteiger partial charge in [-0.1, -0.05) is 0 Å². The average Bonchev–Trinajstić information content (AvgIpc) is 2.26. The van der Waals surface area contributed by atoms with E-state index < -0.39 is 0 Å². The van der Waals surface area contributed by atoms with Gasteiger partial charge in [0.05, 0.1) is 6.61 Å². The van der Waals surface area contributed by atoms with Crippen LogP contribution < -0.4 is 4.74 Å². The zero-order chi connectivity index (χ0) is 10.4. The van der Waals surface area contributed by atoms with Gasteiger partial charge in [-0.3, -0.25) is 0 Å². The zero-order valence-electron chi connectivity index (χ0n) is 7.21. The van der Waals surface area contributed by atoms with Crippen molar-refractivity contribution in [2.24, 2.45) is 10.4 Å². The minimum atomic E-state index is -0.161. The number of aliphatic hydroxyl groups is 1. The van der Waals surface area contributed by atoms with Gasteiger partial charge in [0, 0.05) is 6.07 Å². The number of aliphatic hydroxyl groups excluding tert-OH is 1. The third kappa shape index (κ3) is 2.33. The third-order valence-electron chi connectivity index (χ3n) is 1.50. The maximum absolute atomic E-state index is 10.3. The summed E-state index contributed by atoms with van der Waals surface area (Å²) in [6.07, 6.45) is 0. The van der Waals surface area contributed by atoms with E-state index in [1.807, 2.05) is 0 Å². The number of nitrogens with zero attached hydrogens (tertiary/aromatic N) is 2. The highest BCUT2D eigenvalue weighted by Gasteiger charge is 2.05. The molecule has 0 aromatic heterocycles. The lowest BCUT2D eigenvalue weighted by molar-refractivity contribution is 0.202. The molecule has 14 heavy (non-hydrogen) atoms. The molecular formula is C8H8N2O4. The molecule has 1 N–H and O–H groups in total. The predicted molar refractivity (Wildman–Crippen MR) is 49.9 cm³/mol. The molecule has 0 bridgehead atoms. The Hall–Kier alpha value is -1.82. The molecule has 0 saturated carbocycles. The van der Waals surface area contributed by atoms with E-state index in [-0.39, 0.29) is 30.3 Å². The van der Waals surface area contributed by atoms with Gasteiger partial charge in [0.1, 0.15) is 18.0 Å². The fourth-order valence-corrected chi connectivity index (χ4v) is 0.912. The topological polar surface area (TPSA) is 88.3 Å². The fraction of sp³-hybridized carbons (Fsp3) is 0.250. The van der Waals surface area contributed by atoms with Gasteiger partial charge in [0.25, 0.3) is 0 Å². The summed E-state index contributed by atoms with van der Waals surface area (Å²) in [5, 5.41) is 13.8. The highest BCUT2D eigenvalue weighted by Crippen LogP contribution is 2.31. The largest absolute Gasteiger partial charge is 0.489 e. The van der Waals surface area contributed by atoms with E-state index in [0.29, 0.717) is 0 Å². The molecule has 0 amide bonds. The van der Waals surface area contributed by atoms with Crippen LogP contribution in [0.4, 0.5) is 11.4 Å². The van der Waals surface area contributed by atoms with Crippen LogP contribution in [0.15, 0.2) is 28.6 Å². The van der Waals surface area contributed by atoms with Gasteiger partial charge in [0.2, 0.25) is 0 Å². The van der Waals surface area contributed by atoms with E-state index in [1.165, 1.54) is 18.2 Å². The Morgan fingerprint density at radius 2 is 2.07 bits per heavy atom. The predicted octanol–water partition coefficient (Wildman–Crippen LogP) is 1.85. The monoisotopic (exact) mass is 196 g/mol. The average molecular weight is 196 g/mol. The first-order valence-corrected chi connectivity index (χ1v) is 3.86. The molecule has 0 aliphatic carbocycles. The maximum Gasteiger partial charge on any atom is 0.152 e. The van der Waals surface area contributed by atoms with E-state index >= 15 is 0 Å². The molecule has 1 rings (SSSR count). The van der Waals surface area contributed by atoms with Crippen LogP contribution in [-0.4, -0.2) is 18.3 Å². The lowest BCUT2D eigenvalue weighted by Gasteiger charge is -2.05. The molecule has 0 unspecified atom stereocenters. The SMILES string of the molecule is O=Nc1ccc(OCCO)c(N=O)c1.